The topological polar surface area (TPSA) is 40.5 Å². The standard InChI is InChI=1S/C12H15NO2S/c1-9(12(14)15)7-13(10-4-5-10)8-11-3-2-6-16-11/h2-3,6,10H,1,4-5,7-8H2,(H,14,15). The zero-order valence-electron chi connectivity index (χ0n) is 9.06. The van der Waals surface area contributed by atoms with Crippen LogP contribution in [0.2, 0.25) is 0 Å². The molecule has 0 aromatic carbocycles. The average molecular weight is 237 g/mol. The molecule has 3 nitrogen and oxygen atoms in total. The summed E-state index contributed by atoms with van der Waals surface area (Å²) >= 11 is 1.71. The molecule has 0 atom stereocenters. The summed E-state index contributed by atoms with van der Waals surface area (Å²) in [4.78, 5) is 14.2. The van der Waals surface area contributed by atoms with E-state index in [9.17, 15) is 4.79 Å². The van der Waals surface area contributed by atoms with Crippen LogP contribution >= 0.6 is 11.3 Å². The Hall–Kier alpha value is -1.13. The van der Waals surface area contributed by atoms with Crippen LogP contribution in [0.5, 0.6) is 0 Å². The van der Waals surface area contributed by atoms with Crippen molar-refractivity contribution in [3.05, 3.63) is 34.5 Å². The molecular weight excluding hydrogens is 222 g/mol. The number of thiophene rings is 1. The molecule has 16 heavy (non-hydrogen) atoms. The van der Waals surface area contributed by atoms with Gasteiger partial charge in [-0.15, -0.1) is 11.3 Å². The fourth-order valence-electron chi connectivity index (χ4n) is 1.67. The number of hydrogen-bond donors (Lipinski definition) is 1. The summed E-state index contributed by atoms with van der Waals surface area (Å²) in [6.45, 7) is 4.91. The molecule has 1 N–H and O–H groups in total. The van der Waals surface area contributed by atoms with Crippen LogP contribution in [0.3, 0.4) is 0 Å². The molecule has 0 amide bonds. The van der Waals surface area contributed by atoms with Gasteiger partial charge in [-0.25, -0.2) is 4.79 Å². The van der Waals surface area contributed by atoms with Gasteiger partial charge in [0.25, 0.3) is 0 Å². The van der Waals surface area contributed by atoms with Crippen LogP contribution in [-0.2, 0) is 11.3 Å². The van der Waals surface area contributed by atoms with Crippen LogP contribution in [0.4, 0.5) is 0 Å². The van der Waals surface area contributed by atoms with Crippen LogP contribution < -0.4 is 0 Å². The number of rotatable bonds is 6. The predicted octanol–water partition coefficient (Wildman–Crippen LogP) is 2.35. The Morgan fingerprint density at radius 1 is 1.62 bits per heavy atom. The van der Waals surface area contributed by atoms with Crippen LogP contribution in [-0.4, -0.2) is 28.6 Å². The molecule has 1 saturated carbocycles. The summed E-state index contributed by atoms with van der Waals surface area (Å²) in [5, 5.41) is 10.9. The van der Waals surface area contributed by atoms with Crippen molar-refractivity contribution in [2.24, 2.45) is 0 Å². The summed E-state index contributed by atoms with van der Waals surface area (Å²) in [7, 11) is 0. The second-order valence-electron chi connectivity index (χ2n) is 4.12. The lowest BCUT2D eigenvalue weighted by Gasteiger charge is -2.20. The van der Waals surface area contributed by atoms with Crippen molar-refractivity contribution in [1.29, 1.82) is 0 Å². The van der Waals surface area contributed by atoms with E-state index < -0.39 is 5.97 Å². The SMILES string of the molecule is C=C(CN(Cc1cccs1)C1CC1)C(=O)O. The maximum Gasteiger partial charge on any atom is 0.332 e. The molecule has 2 rings (SSSR count). The van der Waals surface area contributed by atoms with Gasteiger partial charge >= 0.3 is 5.97 Å². The van der Waals surface area contributed by atoms with E-state index in [4.69, 9.17) is 5.11 Å². The van der Waals surface area contributed by atoms with Crippen LogP contribution in [0.15, 0.2) is 29.7 Å². The fourth-order valence-corrected chi connectivity index (χ4v) is 2.40. The van der Waals surface area contributed by atoms with Crippen molar-refractivity contribution in [3.63, 3.8) is 0 Å². The first-order chi connectivity index (χ1) is 7.66. The summed E-state index contributed by atoms with van der Waals surface area (Å²) < 4.78 is 0. The lowest BCUT2D eigenvalue weighted by molar-refractivity contribution is -0.132. The molecule has 0 spiro atoms. The fraction of sp³-hybridized carbons (Fsp3) is 0.417. The third-order valence-corrected chi connectivity index (χ3v) is 3.56. The molecule has 0 saturated heterocycles. The Kier molecular flexibility index (Phi) is 3.41. The Morgan fingerprint density at radius 3 is 2.88 bits per heavy atom. The maximum absolute atomic E-state index is 10.8. The highest BCUT2D eigenvalue weighted by Crippen LogP contribution is 2.29. The van der Waals surface area contributed by atoms with Crippen molar-refractivity contribution < 1.29 is 9.90 Å². The molecule has 86 valence electrons. The van der Waals surface area contributed by atoms with Crippen LogP contribution in [0.25, 0.3) is 0 Å². The molecule has 0 bridgehead atoms. The van der Waals surface area contributed by atoms with E-state index in [1.165, 1.54) is 17.7 Å². The van der Waals surface area contributed by atoms with Crippen molar-refractivity contribution in [3.8, 4) is 0 Å². The third-order valence-electron chi connectivity index (χ3n) is 2.70. The first kappa shape index (κ1) is 11.4. The van der Waals surface area contributed by atoms with Crippen molar-refractivity contribution >= 4 is 17.3 Å². The zero-order chi connectivity index (χ0) is 11.5. The summed E-state index contributed by atoms with van der Waals surface area (Å²) in [6, 6.07) is 4.67. The Morgan fingerprint density at radius 2 is 2.38 bits per heavy atom. The molecule has 1 aromatic rings. The second-order valence-corrected chi connectivity index (χ2v) is 5.16. The van der Waals surface area contributed by atoms with Gasteiger partial charge in [0, 0.05) is 29.6 Å². The van der Waals surface area contributed by atoms with E-state index in [1.54, 1.807) is 11.3 Å². The normalized spacial score (nSPS) is 15.3. The average Bonchev–Trinajstić information content (AvgIpc) is 2.97. The van der Waals surface area contributed by atoms with Gasteiger partial charge in [0.1, 0.15) is 0 Å². The molecule has 1 fully saturated rings. The smallest absolute Gasteiger partial charge is 0.332 e. The van der Waals surface area contributed by atoms with Gasteiger partial charge in [-0.3, -0.25) is 4.90 Å². The highest BCUT2D eigenvalue weighted by atomic mass is 32.1. The molecule has 0 aliphatic heterocycles. The van der Waals surface area contributed by atoms with E-state index in [-0.39, 0.29) is 5.57 Å². The van der Waals surface area contributed by atoms with E-state index in [0.29, 0.717) is 12.6 Å². The highest BCUT2D eigenvalue weighted by molar-refractivity contribution is 7.09. The van der Waals surface area contributed by atoms with Crippen LogP contribution in [0, 0.1) is 0 Å². The van der Waals surface area contributed by atoms with Gasteiger partial charge in [0.05, 0.1) is 0 Å². The third kappa shape index (κ3) is 2.93. The molecule has 0 radical (unpaired) electrons. The largest absolute Gasteiger partial charge is 0.478 e. The molecule has 1 heterocycles. The molecule has 1 aromatic heterocycles. The predicted molar refractivity (Wildman–Crippen MR) is 64.5 cm³/mol. The number of carbonyl (C=O) groups is 1. The van der Waals surface area contributed by atoms with Gasteiger partial charge < -0.3 is 5.11 Å². The quantitative estimate of drug-likeness (QED) is 0.772. The van der Waals surface area contributed by atoms with Crippen molar-refractivity contribution in [2.75, 3.05) is 6.54 Å². The Labute approximate surface area is 99.0 Å². The van der Waals surface area contributed by atoms with E-state index >= 15 is 0 Å². The van der Waals surface area contributed by atoms with Crippen molar-refractivity contribution in [1.82, 2.24) is 4.90 Å². The summed E-state index contributed by atoms with van der Waals surface area (Å²) in [5.41, 5.74) is 0.281. The minimum Gasteiger partial charge on any atom is -0.478 e. The van der Waals surface area contributed by atoms with Gasteiger partial charge in [-0.1, -0.05) is 12.6 Å². The first-order valence-corrected chi connectivity index (χ1v) is 6.22. The van der Waals surface area contributed by atoms with E-state index in [0.717, 1.165) is 6.54 Å². The highest BCUT2D eigenvalue weighted by Gasteiger charge is 2.30. The van der Waals surface area contributed by atoms with Crippen molar-refractivity contribution in [2.45, 2.75) is 25.4 Å². The minimum absolute atomic E-state index is 0.281. The molecule has 1 aliphatic carbocycles. The number of nitrogens with zero attached hydrogens (tertiary/aromatic N) is 1. The molecule has 0 unspecified atom stereocenters. The van der Waals surface area contributed by atoms with Gasteiger partial charge in [-0.05, 0) is 24.3 Å². The maximum atomic E-state index is 10.8. The molecule has 4 heteroatoms. The summed E-state index contributed by atoms with van der Waals surface area (Å²) in [6.07, 6.45) is 2.36. The zero-order valence-corrected chi connectivity index (χ0v) is 9.87. The number of aliphatic carboxylic acids is 1. The number of carboxylic acids is 1. The van der Waals surface area contributed by atoms with Gasteiger partial charge in [0.15, 0.2) is 0 Å². The summed E-state index contributed by atoms with van der Waals surface area (Å²) in [5.74, 6) is -0.892. The number of hydrogen-bond acceptors (Lipinski definition) is 3. The van der Waals surface area contributed by atoms with Gasteiger partial charge in [-0.2, -0.15) is 0 Å². The Bertz CT molecular complexity index is 382. The van der Waals surface area contributed by atoms with Crippen LogP contribution in [0.1, 0.15) is 17.7 Å². The second kappa shape index (κ2) is 4.80. The van der Waals surface area contributed by atoms with Gasteiger partial charge in [0.2, 0.25) is 0 Å². The Balaban J connectivity index is 1.95. The number of carboxylic acid groups (broad SMARTS) is 1. The minimum atomic E-state index is -0.892. The van der Waals surface area contributed by atoms with E-state index in [1.807, 2.05) is 11.4 Å². The first-order valence-electron chi connectivity index (χ1n) is 5.34. The lowest BCUT2D eigenvalue weighted by atomic mass is 10.2. The van der Waals surface area contributed by atoms with E-state index in [2.05, 4.69) is 17.5 Å². The monoisotopic (exact) mass is 237 g/mol. The molecule has 1 aliphatic rings. The lowest BCUT2D eigenvalue weighted by Crippen LogP contribution is -2.29. The molecular formula is C12H15NO2S.